The molecule has 74 valence electrons. The molecule has 1 rings (SSSR count). The van der Waals surface area contributed by atoms with Gasteiger partial charge in [0, 0.05) is 19.5 Å². The first-order valence-electron chi connectivity index (χ1n) is 3.81. The van der Waals surface area contributed by atoms with Crippen LogP contribution in [0.3, 0.4) is 0 Å². The maximum absolute atomic E-state index is 10.6. The number of nitrogens with one attached hydrogen (secondary N) is 2. The van der Waals surface area contributed by atoms with E-state index in [1.54, 1.807) is 19.4 Å². The largest absolute Gasteiger partial charge is 0.372 e. The van der Waals surface area contributed by atoms with Crippen LogP contribution in [0.15, 0.2) is 22.4 Å². The third-order valence-corrected chi connectivity index (χ3v) is 1.98. The number of hydrogen-bond acceptors (Lipinski definition) is 4. The molecule has 0 saturated carbocycles. The number of halogens is 1. The number of aldehydes is 1. The van der Waals surface area contributed by atoms with E-state index in [4.69, 9.17) is 5.41 Å². The Kier molecular flexibility index (Phi) is 3.58. The summed E-state index contributed by atoms with van der Waals surface area (Å²) in [5.74, 6) is 0.473. The summed E-state index contributed by atoms with van der Waals surface area (Å²) in [5, 5.41) is 13.8. The topological polar surface area (TPSA) is 70.8 Å². The monoisotopic (exact) mass is 256 g/mol. The van der Waals surface area contributed by atoms with Crippen LogP contribution in [0.1, 0.15) is 0 Å². The predicted octanol–water partition coefficient (Wildman–Crippen LogP) is 0.882. The first-order chi connectivity index (χ1) is 6.72. The molecule has 0 aliphatic rings. The number of rotatable bonds is 4. The highest BCUT2D eigenvalue weighted by molar-refractivity contribution is 9.10. The average Bonchev–Trinajstić information content (AvgIpc) is 2.60. The second-order valence-corrected chi connectivity index (χ2v) is 3.33. The van der Waals surface area contributed by atoms with Crippen LogP contribution in [0.2, 0.25) is 0 Å². The Morgan fingerprint density at radius 3 is 2.86 bits per heavy atom. The Bertz CT molecular complexity index is 372. The molecule has 0 atom stereocenters. The standard InChI is InChI=1S/C8H9BrN4O/c1-11-8(6(2-10)5-14)13-4-7(9)3-12-13/h2-5,10-11H,1H3/b8-6-,10-2?. The Labute approximate surface area is 89.4 Å². The molecule has 1 aromatic rings. The van der Waals surface area contributed by atoms with E-state index in [1.165, 1.54) is 4.68 Å². The summed E-state index contributed by atoms with van der Waals surface area (Å²) in [6, 6.07) is 0. The van der Waals surface area contributed by atoms with Gasteiger partial charge in [0.05, 0.1) is 16.2 Å². The van der Waals surface area contributed by atoms with Gasteiger partial charge in [0.2, 0.25) is 0 Å². The van der Waals surface area contributed by atoms with Crippen molar-refractivity contribution >= 4 is 34.3 Å². The van der Waals surface area contributed by atoms with Gasteiger partial charge in [-0.15, -0.1) is 0 Å². The summed E-state index contributed by atoms with van der Waals surface area (Å²) in [6.45, 7) is 0. The van der Waals surface area contributed by atoms with Crippen LogP contribution >= 0.6 is 15.9 Å². The fourth-order valence-electron chi connectivity index (χ4n) is 0.972. The van der Waals surface area contributed by atoms with E-state index >= 15 is 0 Å². The summed E-state index contributed by atoms with van der Waals surface area (Å²) in [6.07, 6.45) is 4.88. The highest BCUT2D eigenvalue weighted by Crippen LogP contribution is 2.10. The van der Waals surface area contributed by atoms with E-state index in [1.807, 2.05) is 0 Å². The zero-order valence-corrected chi connectivity index (χ0v) is 9.08. The van der Waals surface area contributed by atoms with Crippen LogP contribution in [-0.4, -0.2) is 29.3 Å². The van der Waals surface area contributed by atoms with Crippen LogP contribution in [0.4, 0.5) is 0 Å². The molecule has 5 nitrogen and oxygen atoms in total. The van der Waals surface area contributed by atoms with E-state index < -0.39 is 0 Å². The van der Waals surface area contributed by atoms with E-state index in [-0.39, 0.29) is 5.57 Å². The number of nitrogens with zero attached hydrogens (tertiary/aromatic N) is 2. The Balaban J connectivity index is 3.20. The van der Waals surface area contributed by atoms with Gasteiger partial charge < -0.3 is 10.7 Å². The van der Waals surface area contributed by atoms with Crippen LogP contribution in [0, 0.1) is 5.41 Å². The lowest BCUT2D eigenvalue weighted by molar-refractivity contribution is -0.104. The molecule has 0 fully saturated rings. The zero-order valence-electron chi connectivity index (χ0n) is 7.49. The quantitative estimate of drug-likeness (QED) is 0.478. The lowest BCUT2D eigenvalue weighted by Gasteiger charge is -2.07. The number of carbonyl (C=O) groups is 1. The van der Waals surface area contributed by atoms with Crippen molar-refractivity contribution < 1.29 is 4.79 Å². The molecular weight excluding hydrogens is 248 g/mol. The molecule has 0 amide bonds. The Hall–Kier alpha value is -1.43. The lowest BCUT2D eigenvalue weighted by atomic mass is 10.3. The maximum Gasteiger partial charge on any atom is 0.155 e. The third kappa shape index (κ3) is 2.08. The van der Waals surface area contributed by atoms with E-state index in [0.717, 1.165) is 10.7 Å². The summed E-state index contributed by atoms with van der Waals surface area (Å²) >= 11 is 3.24. The smallest absolute Gasteiger partial charge is 0.155 e. The maximum atomic E-state index is 10.6. The van der Waals surface area contributed by atoms with Gasteiger partial charge in [0.25, 0.3) is 0 Å². The molecule has 0 saturated heterocycles. The van der Waals surface area contributed by atoms with Crippen molar-refractivity contribution in [2.24, 2.45) is 0 Å². The van der Waals surface area contributed by atoms with Gasteiger partial charge >= 0.3 is 0 Å². The molecule has 1 aromatic heterocycles. The molecular formula is C8H9BrN4O. The van der Waals surface area contributed by atoms with Crippen molar-refractivity contribution in [3.8, 4) is 0 Å². The van der Waals surface area contributed by atoms with Crippen molar-refractivity contribution in [3.63, 3.8) is 0 Å². The normalized spacial score (nSPS) is 11.9. The van der Waals surface area contributed by atoms with Gasteiger partial charge in [-0.3, -0.25) is 4.79 Å². The molecule has 0 unspecified atom stereocenters. The van der Waals surface area contributed by atoms with Crippen molar-refractivity contribution in [2.45, 2.75) is 0 Å². The molecule has 0 aromatic carbocycles. The van der Waals surface area contributed by atoms with Crippen LogP contribution in [0.25, 0.3) is 5.82 Å². The fraction of sp³-hybridized carbons (Fsp3) is 0.125. The van der Waals surface area contributed by atoms with Crippen molar-refractivity contribution in [2.75, 3.05) is 7.05 Å². The lowest BCUT2D eigenvalue weighted by Crippen LogP contribution is -2.16. The molecule has 0 bridgehead atoms. The summed E-state index contributed by atoms with van der Waals surface area (Å²) in [7, 11) is 1.66. The zero-order chi connectivity index (χ0) is 10.6. The first-order valence-corrected chi connectivity index (χ1v) is 4.60. The predicted molar refractivity (Wildman–Crippen MR) is 57.1 cm³/mol. The second kappa shape index (κ2) is 4.71. The number of carbonyl (C=O) groups excluding carboxylic acids is 1. The number of hydrogen-bond donors (Lipinski definition) is 2. The van der Waals surface area contributed by atoms with Gasteiger partial charge in [-0.2, -0.15) is 5.10 Å². The highest BCUT2D eigenvalue weighted by Gasteiger charge is 2.05. The minimum atomic E-state index is 0.239. The molecule has 6 heteroatoms. The SMILES string of the molecule is CN/C(=C(\C=N)C=O)n1cc(Br)cn1. The summed E-state index contributed by atoms with van der Waals surface area (Å²) in [4.78, 5) is 10.6. The second-order valence-electron chi connectivity index (χ2n) is 2.42. The molecule has 0 radical (unpaired) electrons. The van der Waals surface area contributed by atoms with E-state index in [2.05, 4.69) is 26.3 Å². The van der Waals surface area contributed by atoms with Crippen LogP contribution in [-0.2, 0) is 4.79 Å². The van der Waals surface area contributed by atoms with Crippen LogP contribution in [0.5, 0.6) is 0 Å². The van der Waals surface area contributed by atoms with Crippen molar-refractivity contribution in [1.29, 1.82) is 5.41 Å². The van der Waals surface area contributed by atoms with Crippen molar-refractivity contribution in [1.82, 2.24) is 15.1 Å². The third-order valence-electron chi connectivity index (χ3n) is 1.57. The molecule has 0 aliphatic heterocycles. The Morgan fingerprint density at radius 2 is 2.50 bits per heavy atom. The minimum absolute atomic E-state index is 0.239. The highest BCUT2D eigenvalue weighted by atomic mass is 79.9. The first kappa shape index (κ1) is 10.6. The van der Waals surface area contributed by atoms with Gasteiger partial charge in [0.15, 0.2) is 6.29 Å². The average molecular weight is 257 g/mol. The van der Waals surface area contributed by atoms with Gasteiger partial charge in [-0.25, -0.2) is 4.68 Å². The Morgan fingerprint density at radius 1 is 1.79 bits per heavy atom. The van der Waals surface area contributed by atoms with Crippen LogP contribution < -0.4 is 5.32 Å². The van der Waals surface area contributed by atoms with E-state index in [0.29, 0.717) is 12.1 Å². The van der Waals surface area contributed by atoms with Gasteiger partial charge in [0.1, 0.15) is 5.82 Å². The molecule has 0 aliphatic carbocycles. The molecule has 0 spiro atoms. The number of aromatic nitrogens is 2. The van der Waals surface area contributed by atoms with Gasteiger partial charge in [-0.1, -0.05) is 0 Å². The van der Waals surface area contributed by atoms with Gasteiger partial charge in [-0.05, 0) is 15.9 Å². The van der Waals surface area contributed by atoms with E-state index in [9.17, 15) is 4.79 Å². The number of allylic oxidation sites excluding steroid dienone is 1. The summed E-state index contributed by atoms with van der Waals surface area (Å²) in [5.41, 5.74) is 0.239. The molecule has 2 N–H and O–H groups in total. The fourth-order valence-corrected chi connectivity index (χ4v) is 1.26. The molecule has 14 heavy (non-hydrogen) atoms. The molecule has 1 heterocycles. The minimum Gasteiger partial charge on any atom is -0.372 e. The van der Waals surface area contributed by atoms with Crippen molar-refractivity contribution in [3.05, 3.63) is 22.4 Å². The summed E-state index contributed by atoms with van der Waals surface area (Å²) < 4.78 is 2.29.